The molecule has 1 fully saturated rings. The molecule has 0 radical (unpaired) electrons. The summed E-state index contributed by atoms with van der Waals surface area (Å²) in [7, 11) is 0. The Balaban J connectivity index is 1.41. The summed E-state index contributed by atoms with van der Waals surface area (Å²) in [5.41, 5.74) is 6.74. The molecular weight excluding hydrogens is 372 g/mol. The number of anilines is 1. The molecule has 1 N–H and O–H groups in total. The van der Waals surface area contributed by atoms with E-state index in [1.807, 2.05) is 12.1 Å². The summed E-state index contributed by atoms with van der Waals surface area (Å²) >= 11 is 0. The second kappa shape index (κ2) is 9.14. The average Bonchev–Trinajstić information content (AvgIpc) is 2.80. The second-order valence-corrected chi connectivity index (χ2v) is 7.82. The largest absolute Gasteiger partial charge is 0.478 e. The molecule has 30 heavy (non-hydrogen) atoms. The molecule has 0 atom stereocenters. The third-order valence-electron chi connectivity index (χ3n) is 5.94. The van der Waals surface area contributed by atoms with Crippen LogP contribution in [-0.4, -0.2) is 42.2 Å². The SMILES string of the molecule is CCc1ccc(-c2ccccc2CN2CCN(c3ccc(C(=O)O)cc3)CC2)cc1. The Morgan fingerprint density at radius 3 is 2.17 bits per heavy atom. The molecule has 154 valence electrons. The maximum absolute atomic E-state index is 11.0. The summed E-state index contributed by atoms with van der Waals surface area (Å²) in [6, 6.07) is 24.8. The van der Waals surface area contributed by atoms with Crippen LogP contribution in [0.4, 0.5) is 5.69 Å². The number of carboxylic acids is 1. The van der Waals surface area contributed by atoms with Gasteiger partial charge < -0.3 is 10.0 Å². The van der Waals surface area contributed by atoms with Gasteiger partial charge in [-0.05, 0) is 52.9 Å². The molecule has 3 aromatic carbocycles. The Bertz CT molecular complexity index is 988. The monoisotopic (exact) mass is 400 g/mol. The first-order valence-corrected chi connectivity index (χ1v) is 10.6. The quantitative estimate of drug-likeness (QED) is 0.637. The number of carboxylic acid groups (broad SMARTS) is 1. The summed E-state index contributed by atoms with van der Waals surface area (Å²) in [6.45, 7) is 6.99. The van der Waals surface area contributed by atoms with Gasteiger partial charge in [-0.15, -0.1) is 0 Å². The van der Waals surface area contributed by atoms with Crippen LogP contribution in [0.3, 0.4) is 0 Å². The van der Waals surface area contributed by atoms with E-state index in [0.717, 1.165) is 44.8 Å². The van der Waals surface area contributed by atoms with E-state index in [9.17, 15) is 4.79 Å². The second-order valence-electron chi connectivity index (χ2n) is 7.82. The molecular formula is C26H28N2O2. The highest BCUT2D eigenvalue weighted by molar-refractivity contribution is 5.88. The Hall–Kier alpha value is -3.11. The van der Waals surface area contributed by atoms with Gasteiger partial charge in [-0.3, -0.25) is 4.90 Å². The highest BCUT2D eigenvalue weighted by Crippen LogP contribution is 2.26. The number of piperazine rings is 1. The first kappa shape index (κ1) is 20.2. The van der Waals surface area contributed by atoms with E-state index in [1.54, 1.807) is 12.1 Å². The standard InChI is InChI=1S/C26H28N2O2/c1-2-20-7-9-21(10-8-20)25-6-4-3-5-23(25)19-27-15-17-28(18-16-27)24-13-11-22(12-14-24)26(29)30/h3-14H,2,15-19H2,1H3,(H,29,30). The third kappa shape index (κ3) is 4.55. The fourth-order valence-corrected chi connectivity index (χ4v) is 4.08. The molecule has 4 rings (SSSR count). The molecule has 1 aliphatic rings. The summed E-state index contributed by atoms with van der Waals surface area (Å²) in [4.78, 5) is 15.9. The van der Waals surface area contributed by atoms with Gasteiger partial charge in [-0.25, -0.2) is 4.79 Å². The normalized spacial score (nSPS) is 14.6. The lowest BCUT2D eigenvalue weighted by atomic mass is 9.98. The van der Waals surface area contributed by atoms with Crippen LogP contribution in [0.2, 0.25) is 0 Å². The van der Waals surface area contributed by atoms with Crippen molar-refractivity contribution in [2.24, 2.45) is 0 Å². The summed E-state index contributed by atoms with van der Waals surface area (Å²) in [5, 5.41) is 9.07. The van der Waals surface area contributed by atoms with Crippen LogP contribution in [0.1, 0.15) is 28.4 Å². The molecule has 1 heterocycles. The molecule has 0 amide bonds. The minimum atomic E-state index is -0.880. The number of benzene rings is 3. The molecule has 0 unspecified atom stereocenters. The molecule has 4 heteroatoms. The number of hydrogen-bond acceptors (Lipinski definition) is 3. The lowest BCUT2D eigenvalue weighted by Gasteiger charge is -2.36. The van der Waals surface area contributed by atoms with Crippen molar-refractivity contribution in [3.05, 3.63) is 89.5 Å². The fourth-order valence-electron chi connectivity index (χ4n) is 4.08. The number of aromatic carboxylic acids is 1. The highest BCUT2D eigenvalue weighted by atomic mass is 16.4. The Labute approximate surface area is 178 Å². The molecule has 0 aliphatic carbocycles. The highest BCUT2D eigenvalue weighted by Gasteiger charge is 2.19. The Morgan fingerprint density at radius 2 is 1.53 bits per heavy atom. The van der Waals surface area contributed by atoms with Gasteiger partial charge in [0.2, 0.25) is 0 Å². The van der Waals surface area contributed by atoms with Crippen LogP contribution in [0.15, 0.2) is 72.8 Å². The lowest BCUT2D eigenvalue weighted by molar-refractivity contribution is 0.0697. The molecule has 1 aliphatic heterocycles. The van der Waals surface area contributed by atoms with E-state index in [0.29, 0.717) is 5.56 Å². The molecule has 0 bridgehead atoms. The van der Waals surface area contributed by atoms with Crippen LogP contribution < -0.4 is 4.90 Å². The van der Waals surface area contributed by atoms with Crippen molar-refractivity contribution in [3.63, 3.8) is 0 Å². The minimum Gasteiger partial charge on any atom is -0.478 e. The van der Waals surface area contributed by atoms with Crippen molar-refractivity contribution in [2.75, 3.05) is 31.1 Å². The van der Waals surface area contributed by atoms with Gasteiger partial charge in [0.05, 0.1) is 5.56 Å². The van der Waals surface area contributed by atoms with Gasteiger partial charge >= 0.3 is 5.97 Å². The molecule has 0 saturated carbocycles. The number of hydrogen-bond donors (Lipinski definition) is 1. The van der Waals surface area contributed by atoms with Crippen molar-refractivity contribution in [3.8, 4) is 11.1 Å². The van der Waals surface area contributed by atoms with Crippen LogP contribution in [0.25, 0.3) is 11.1 Å². The van der Waals surface area contributed by atoms with E-state index in [2.05, 4.69) is 65.3 Å². The maximum atomic E-state index is 11.0. The fraction of sp³-hybridized carbons (Fsp3) is 0.269. The van der Waals surface area contributed by atoms with E-state index in [4.69, 9.17) is 5.11 Å². The zero-order chi connectivity index (χ0) is 20.9. The van der Waals surface area contributed by atoms with Crippen molar-refractivity contribution >= 4 is 11.7 Å². The van der Waals surface area contributed by atoms with Crippen LogP contribution in [0, 0.1) is 0 Å². The van der Waals surface area contributed by atoms with Gasteiger partial charge in [-0.1, -0.05) is 55.5 Å². The topological polar surface area (TPSA) is 43.8 Å². The van der Waals surface area contributed by atoms with Crippen molar-refractivity contribution < 1.29 is 9.90 Å². The predicted octanol–water partition coefficient (Wildman–Crippen LogP) is 4.94. The van der Waals surface area contributed by atoms with Crippen molar-refractivity contribution in [2.45, 2.75) is 19.9 Å². The predicted molar refractivity (Wildman–Crippen MR) is 122 cm³/mol. The molecule has 1 saturated heterocycles. The first-order chi connectivity index (χ1) is 14.6. The number of rotatable bonds is 6. The first-order valence-electron chi connectivity index (χ1n) is 10.6. The Kier molecular flexibility index (Phi) is 6.15. The van der Waals surface area contributed by atoms with Crippen molar-refractivity contribution in [1.29, 1.82) is 0 Å². The summed E-state index contributed by atoms with van der Waals surface area (Å²) in [6.07, 6.45) is 1.06. The van der Waals surface area contributed by atoms with Gasteiger partial charge in [-0.2, -0.15) is 0 Å². The van der Waals surface area contributed by atoms with E-state index < -0.39 is 5.97 Å². The lowest BCUT2D eigenvalue weighted by Crippen LogP contribution is -2.46. The van der Waals surface area contributed by atoms with Gasteiger partial charge in [0.25, 0.3) is 0 Å². The molecule has 0 spiro atoms. The van der Waals surface area contributed by atoms with Crippen LogP contribution in [-0.2, 0) is 13.0 Å². The summed E-state index contributed by atoms with van der Waals surface area (Å²) < 4.78 is 0. The van der Waals surface area contributed by atoms with Crippen LogP contribution in [0.5, 0.6) is 0 Å². The Morgan fingerprint density at radius 1 is 0.867 bits per heavy atom. The van der Waals surface area contributed by atoms with Crippen LogP contribution >= 0.6 is 0 Å². The minimum absolute atomic E-state index is 0.334. The molecule has 0 aromatic heterocycles. The zero-order valence-electron chi connectivity index (χ0n) is 17.4. The smallest absolute Gasteiger partial charge is 0.335 e. The average molecular weight is 401 g/mol. The zero-order valence-corrected chi connectivity index (χ0v) is 17.4. The van der Waals surface area contributed by atoms with Crippen molar-refractivity contribution in [1.82, 2.24) is 4.90 Å². The van der Waals surface area contributed by atoms with Gasteiger partial charge in [0, 0.05) is 38.4 Å². The van der Waals surface area contributed by atoms with E-state index in [1.165, 1.54) is 22.3 Å². The number of nitrogens with zero attached hydrogens (tertiary/aromatic N) is 2. The van der Waals surface area contributed by atoms with Gasteiger partial charge in [0.15, 0.2) is 0 Å². The molecule has 4 nitrogen and oxygen atoms in total. The number of aryl methyl sites for hydroxylation is 1. The number of carbonyl (C=O) groups is 1. The van der Waals surface area contributed by atoms with E-state index >= 15 is 0 Å². The summed E-state index contributed by atoms with van der Waals surface area (Å²) in [5.74, 6) is -0.880. The van der Waals surface area contributed by atoms with E-state index in [-0.39, 0.29) is 0 Å². The molecule has 3 aromatic rings. The third-order valence-corrected chi connectivity index (χ3v) is 5.94. The maximum Gasteiger partial charge on any atom is 0.335 e. The van der Waals surface area contributed by atoms with Gasteiger partial charge in [0.1, 0.15) is 0 Å².